The Balaban J connectivity index is 1.37. The first-order valence-electron chi connectivity index (χ1n) is 14.8. The van der Waals surface area contributed by atoms with Crippen LogP contribution < -0.4 is 16.6 Å². The summed E-state index contributed by atoms with van der Waals surface area (Å²) in [5.41, 5.74) is -1.83. The van der Waals surface area contributed by atoms with Crippen molar-refractivity contribution in [1.82, 2.24) is 19.8 Å². The Morgan fingerprint density at radius 2 is 1.69 bits per heavy atom. The summed E-state index contributed by atoms with van der Waals surface area (Å²) in [5, 5.41) is 2.52. The minimum absolute atomic E-state index is 0.00332. The molecule has 3 aromatic carbocycles. The number of rotatable bonds is 8. The van der Waals surface area contributed by atoms with Gasteiger partial charge in [0.1, 0.15) is 30.1 Å². The fourth-order valence-corrected chi connectivity index (χ4v) is 6.84. The highest BCUT2D eigenvalue weighted by molar-refractivity contribution is 5.82. The van der Waals surface area contributed by atoms with Gasteiger partial charge >= 0.3 is 11.8 Å². The Morgan fingerprint density at radius 1 is 1.00 bits per heavy atom. The lowest BCUT2D eigenvalue weighted by Crippen LogP contribution is -2.52. The van der Waals surface area contributed by atoms with Gasteiger partial charge in [0.05, 0.1) is 16.9 Å². The molecule has 0 radical (unpaired) electrons. The van der Waals surface area contributed by atoms with Crippen LogP contribution in [0.15, 0.2) is 76.3 Å². The van der Waals surface area contributed by atoms with Crippen LogP contribution in [0.5, 0.6) is 0 Å². The molecular weight excluding hydrogens is 589 g/mol. The summed E-state index contributed by atoms with van der Waals surface area (Å²) in [6, 6.07) is 12.8. The number of nitrogens with zero attached hydrogens (tertiary/aromatic N) is 2. The Kier molecular flexibility index (Phi) is 7.98. The average Bonchev–Trinajstić information content (AvgIpc) is 3.55. The third-order valence-electron chi connectivity index (χ3n) is 9.03. The zero-order chi connectivity index (χ0) is 31.9. The molecule has 0 aliphatic carbocycles. The number of amides is 2. The Hall–Kier alpha value is -4.87. The van der Waals surface area contributed by atoms with E-state index < -0.39 is 58.3 Å². The van der Waals surface area contributed by atoms with Gasteiger partial charge in [-0.2, -0.15) is 0 Å². The maximum Gasteiger partial charge on any atom is 0.410 e. The van der Waals surface area contributed by atoms with Crippen molar-refractivity contribution < 1.29 is 27.5 Å². The molecule has 0 spiro atoms. The van der Waals surface area contributed by atoms with Gasteiger partial charge in [-0.05, 0) is 62.4 Å². The van der Waals surface area contributed by atoms with E-state index in [9.17, 15) is 32.3 Å². The van der Waals surface area contributed by atoms with Crippen LogP contribution in [0.3, 0.4) is 0 Å². The number of H-pyrrole nitrogens is 1. The fourth-order valence-electron chi connectivity index (χ4n) is 6.84. The van der Waals surface area contributed by atoms with Gasteiger partial charge in [0.25, 0.3) is 5.56 Å². The molecule has 1 unspecified atom stereocenters. The van der Waals surface area contributed by atoms with Gasteiger partial charge in [0.2, 0.25) is 5.91 Å². The van der Waals surface area contributed by atoms with Crippen molar-refractivity contribution in [2.75, 3.05) is 0 Å². The standard InChI is InChI=1S/C33H31F3N4O5/c1-19(24-9-7-22(35)16-26(24)36)37-29(41)28(39-30(42)25-15-21(34)8-10-27(25)38-31(39)43)17-33-13-11-23(12-14-33)40(33)32(44)45-18-20-5-3-2-4-6-20/h2-10,15-16,19,23,28H,11-14,17-18H2,1H3,(H,37,41)(H,38,43)/t19-,23?,28?,33?/m0/s1. The van der Waals surface area contributed by atoms with E-state index in [0.717, 1.165) is 28.3 Å². The number of carbonyl (C=O) groups excluding carboxylic acids is 2. The summed E-state index contributed by atoms with van der Waals surface area (Å²) in [5.74, 6) is -3.17. The van der Waals surface area contributed by atoms with E-state index in [1.54, 1.807) is 4.90 Å². The third-order valence-corrected chi connectivity index (χ3v) is 9.03. The minimum Gasteiger partial charge on any atom is -0.445 e. The quantitative estimate of drug-likeness (QED) is 0.280. The number of aromatic amines is 1. The number of hydrogen-bond acceptors (Lipinski definition) is 5. The van der Waals surface area contributed by atoms with Crippen molar-refractivity contribution in [2.45, 2.75) is 69.3 Å². The molecule has 2 aliphatic heterocycles. The van der Waals surface area contributed by atoms with Gasteiger partial charge in [0.15, 0.2) is 0 Å². The Morgan fingerprint density at radius 3 is 2.40 bits per heavy atom. The maximum atomic E-state index is 14.6. The van der Waals surface area contributed by atoms with Gasteiger partial charge in [-0.15, -0.1) is 0 Å². The first-order valence-corrected chi connectivity index (χ1v) is 14.8. The van der Waals surface area contributed by atoms with E-state index in [1.807, 2.05) is 30.3 Å². The molecule has 2 atom stereocenters. The molecule has 2 N–H and O–H groups in total. The molecule has 3 heterocycles. The van der Waals surface area contributed by atoms with Crippen molar-refractivity contribution in [3.05, 3.63) is 116 Å². The van der Waals surface area contributed by atoms with Crippen LogP contribution in [0.2, 0.25) is 0 Å². The molecule has 12 heteroatoms. The highest BCUT2D eigenvalue weighted by Crippen LogP contribution is 2.50. The van der Waals surface area contributed by atoms with Crippen LogP contribution in [0.4, 0.5) is 18.0 Å². The van der Waals surface area contributed by atoms with Gasteiger partial charge in [-0.3, -0.25) is 14.5 Å². The number of halogens is 3. The molecule has 4 aromatic rings. The van der Waals surface area contributed by atoms with E-state index in [1.165, 1.54) is 19.1 Å². The zero-order valence-electron chi connectivity index (χ0n) is 24.4. The molecule has 2 bridgehead atoms. The van der Waals surface area contributed by atoms with Crippen LogP contribution >= 0.6 is 0 Å². The van der Waals surface area contributed by atoms with Crippen molar-refractivity contribution in [2.24, 2.45) is 0 Å². The van der Waals surface area contributed by atoms with Crippen LogP contribution in [0.25, 0.3) is 10.9 Å². The minimum atomic E-state index is -1.47. The monoisotopic (exact) mass is 620 g/mol. The highest BCUT2D eigenvalue weighted by Gasteiger charge is 2.56. The largest absolute Gasteiger partial charge is 0.445 e. The van der Waals surface area contributed by atoms with Gasteiger partial charge < -0.3 is 15.0 Å². The fraction of sp³-hybridized carbons (Fsp3) is 0.333. The van der Waals surface area contributed by atoms with Crippen LogP contribution in [0, 0.1) is 17.5 Å². The summed E-state index contributed by atoms with van der Waals surface area (Å²) in [6.45, 7) is 1.53. The number of carbonyl (C=O) groups is 2. The molecule has 0 saturated carbocycles. The molecule has 234 valence electrons. The second-order valence-electron chi connectivity index (χ2n) is 11.8. The maximum absolute atomic E-state index is 14.6. The van der Waals surface area contributed by atoms with Crippen molar-refractivity contribution >= 4 is 22.9 Å². The van der Waals surface area contributed by atoms with E-state index in [-0.39, 0.29) is 35.5 Å². The molecule has 2 fully saturated rings. The topological polar surface area (TPSA) is 114 Å². The molecule has 45 heavy (non-hydrogen) atoms. The lowest BCUT2D eigenvalue weighted by molar-refractivity contribution is -0.126. The zero-order valence-corrected chi connectivity index (χ0v) is 24.4. The second-order valence-corrected chi connectivity index (χ2v) is 11.8. The Labute approximate surface area is 255 Å². The van der Waals surface area contributed by atoms with Crippen molar-refractivity contribution in [3.8, 4) is 0 Å². The first kappa shape index (κ1) is 30.2. The summed E-state index contributed by atoms with van der Waals surface area (Å²) in [4.78, 5) is 58.9. The number of fused-ring (bicyclic) bond motifs is 3. The van der Waals surface area contributed by atoms with E-state index in [0.29, 0.717) is 31.7 Å². The molecule has 2 amide bonds. The molecular formula is C33H31F3N4O5. The number of nitrogens with one attached hydrogen (secondary N) is 2. The molecule has 6 rings (SSSR count). The van der Waals surface area contributed by atoms with Gasteiger partial charge in [-0.1, -0.05) is 36.4 Å². The third kappa shape index (κ3) is 5.72. The van der Waals surface area contributed by atoms with Crippen molar-refractivity contribution in [3.63, 3.8) is 0 Å². The summed E-state index contributed by atoms with van der Waals surface area (Å²) >= 11 is 0. The molecule has 2 aliphatic rings. The van der Waals surface area contributed by atoms with Gasteiger partial charge in [-0.25, -0.2) is 27.3 Å². The summed E-state index contributed by atoms with van der Waals surface area (Å²) in [6.07, 6.45) is 1.58. The van der Waals surface area contributed by atoms with Crippen LogP contribution in [-0.4, -0.2) is 38.0 Å². The van der Waals surface area contributed by atoms with E-state index >= 15 is 0 Å². The SMILES string of the molecule is C[C@H](NC(=O)C(CC12CCC(CC1)N2C(=O)OCc1ccccc1)n1c(=O)[nH]c2ccc(F)cc2c1=O)c1ccc(F)cc1F. The van der Waals surface area contributed by atoms with Crippen LogP contribution in [-0.2, 0) is 16.1 Å². The number of hydrogen-bond donors (Lipinski definition) is 2. The average molecular weight is 621 g/mol. The van der Waals surface area contributed by atoms with Crippen molar-refractivity contribution in [1.29, 1.82) is 0 Å². The smallest absolute Gasteiger partial charge is 0.410 e. The molecule has 1 aromatic heterocycles. The predicted octanol–water partition coefficient (Wildman–Crippen LogP) is 5.25. The lowest BCUT2D eigenvalue weighted by Gasteiger charge is -2.37. The van der Waals surface area contributed by atoms with E-state index in [2.05, 4.69) is 10.3 Å². The normalized spacial score (nSPS) is 20.3. The summed E-state index contributed by atoms with van der Waals surface area (Å²) in [7, 11) is 0. The van der Waals surface area contributed by atoms with Crippen LogP contribution in [0.1, 0.15) is 62.2 Å². The molecule has 2 saturated heterocycles. The second kappa shape index (κ2) is 11.9. The lowest BCUT2D eigenvalue weighted by atomic mass is 9.82. The molecule has 9 nitrogen and oxygen atoms in total. The predicted molar refractivity (Wildman–Crippen MR) is 159 cm³/mol. The summed E-state index contributed by atoms with van der Waals surface area (Å²) < 4.78 is 48.7. The number of aromatic nitrogens is 2. The number of benzene rings is 3. The van der Waals surface area contributed by atoms with E-state index in [4.69, 9.17) is 4.74 Å². The first-order chi connectivity index (χ1) is 21.6. The van der Waals surface area contributed by atoms with Gasteiger partial charge in [0, 0.05) is 29.6 Å². The Bertz CT molecular complexity index is 1890. The highest BCUT2D eigenvalue weighted by atomic mass is 19.1. The number of ether oxygens (including phenoxy) is 1.